The highest BCUT2D eigenvalue weighted by Gasteiger charge is 2.55. The van der Waals surface area contributed by atoms with Gasteiger partial charge in [-0.05, 0) is 38.0 Å². The zero-order valence-electron chi connectivity index (χ0n) is 14.3. The van der Waals surface area contributed by atoms with Crippen LogP contribution in [0.2, 0.25) is 0 Å². The third kappa shape index (κ3) is 4.24. The van der Waals surface area contributed by atoms with Crippen molar-refractivity contribution in [2.75, 3.05) is 13.1 Å². The number of nitrogens with zero attached hydrogens (tertiary/aromatic N) is 1. The fourth-order valence-corrected chi connectivity index (χ4v) is 3.39. The first-order chi connectivity index (χ1) is 11.0. The van der Waals surface area contributed by atoms with Crippen LogP contribution in [0.15, 0.2) is 0 Å². The molecule has 1 atom stereocenters. The second-order valence-corrected chi connectivity index (χ2v) is 6.74. The maximum Gasteiger partial charge on any atom is 0.322 e. The number of amides is 4. The summed E-state index contributed by atoms with van der Waals surface area (Å²) in [6.07, 6.45) is 6.81. The van der Waals surface area contributed by atoms with E-state index in [0.717, 1.165) is 51.6 Å². The lowest BCUT2D eigenvalue weighted by Crippen LogP contribution is -2.50. The van der Waals surface area contributed by atoms with Gasteiger partial charge in [0.15, 0.2) is 0 Å². The van der Waals surface area contributed by atoms with Crippen LogP contribution in [0.25, 0.3) is 0 Å². The molecule has 1 aliphatic heterocycles. The number of carbonyl (C=O) groups excluding carboxylic acids is 3. The van der Waals surface area contributed by atoms with Gasteiger partial charge in [-0.3, -0.25) is 14.9 Å². The molecule has 6 nitrogen and oxygen atoms in total. The van der Waals surface area contributed by atoms with E-state index < -0.39 is 11.6 Å². The zero-order valence-corrected chi connectivity index (χ0v) is 14.3. The van der Waals surface area contributed by atoms with E-state index in [1.54, 1.807) is 0 Å². The van der Waals surface area contributed by atoms with Gasteiger partial charge in [0, 0.05) is 19.5 Å². The van der Waals surface area contributed by atoms with Crippen LogP contribution in [0.1, 0.15) is 65.2 Å². The molecule has 1 saturated heterocycles. The van der Waals surface area contributed by atoms with Gasteiger partial charge < -0.3 is 10.2 Å². The Morgan fingerprint density at radius 1 is 1.17 bits per heavy atom. The first kappa shape index (κ1) is 17.8. The van der Waals surface area contributed by atoms with E-state index in [-0.39, 0.29) is 17.7 Å². The van der Waals surface area contributed by atoms with Crippen LogP contribution in [-0.4, -0.2) is 41.4 Å². The van der Waals surface area contributed by atoms with Gasteiger partial charge in [-0.25, -0.2) is 4.79 Å². The molecule has 6 heteroatoms. The topological polar surface area (TPSA) is 78.5 Å². The monoisotopic (exact) mass is 323 g/mol. The second kappa shape index (κ2) is 7.79. The number of unbranched alkanes of at least 4 members (excludes halogenated alkanes) is 2. The van der Waals surface area contributed by atoms with E-state index in [1.165, 1.54) is 0 Å². The molecule has 1 aliphatic carbocycles. The molecule has 1 saturated carbocycles. The van der Waals surface area contributed by atoms with Crippen molar-refractivity contribution < 1.29 is 14.4 Å². The fourth-order valence-electron chi connectivity index (χ4n) is 3.39. The van der Waals surface area contributed by atoms with Crippen molar-refractivity contribution in [1.29, 1.82) is 0 Å². The van der Waals surface area contributed by atoms with E-state index in [2.05, 4.69) is 24.5 Å². The molecule has 0 aromatic heterocycles. The van der Waals surface area contributed by atoms with Crippen LogP contribution in [-0.2, 0) is 9.59 Å². The summed E-state index contributed by atoms with van der Waals surface area (Å²) in [5.41, 5.74) is -0.853. The minimum atomic E-state index is -0.853. The van der Waals surface area contributed by atoms with Crippen molar-refractivity contribution in [2.45, 2.75) is 70.8 Å². The van der Waals surface area contributed by atoms with Crippen molar-refractivity contribution in [3.63, 3.8) is 0 Å². The predicted molar refractivity (Wildman–Crippen MR) is 87.8 cm³/mol. The Kier molecular flexibility index (Phi) is 6.02. The summed E-state index contributed by atoms with van der Waals surface area (Å²) in [5.74, 6) is 0.0178. The third-order valence-corrected chi connectivity index (χ3v) is 4.85. The van der Waals surface area contributed by atoms with Crippen LogP contribution >= 0.6 is 0 Å². The van der Waals surface area contributed by atoms with Gasteiger partial charge in [0.1, 0.15) is 5.54 Å². The number of hydrogen-bond acceptors (Lipinski definition) is 3. The van der Waals surface area contributed by atoms with Crippen molar-refractivity contribution >= 4 is 17.8 Å². The molecule has 1 unspecified atom stereocenters. The standard InChI is InChI=1S/C17H29N3O3/c1-3-5-6-12-20(11-4-2)14(21)9-10-17(13-7-8-13)15(22)18-16(23)19-17/h13H,3-12H2,1-2H3,(H2,18,19,22,23). The summed E-state index contributed by atoms with van der Waals surface area (Å²) in [6.45, 7) is 5.76. The smallest absolute Gasteiger partial charge is 0.322 e. The van der Waals surface area contributed by atoms with Crippen LogP contribution in [0.4, 0.5) is 4.79 Å². The number of rotatable bonds is 10. The number of urea groups is 1. The van der Waals surface area contributed by atoms with Gasteiger partial charge in [0.25, 0.3) is 5.91 Å². The fraction of sp³-hybridized carbons (Fsp3) is 0.824. The summed E-state index contributed by atoms with van der Waals surface area (Å²) in [4.78, 5) is 38.2. The Hall–Kier alpha value is -1.59. The average molecular weight is 323 g/mol. The first-order valence-electron chi connectivity index (χ1n) is 8.94. The lowest BCUT2D eigenvalue weighted by atomic mass is 9.87. The number of imide groups is 1. The van der Waals surface area contributed by atoms with E-state index in [9.17, 15) is 14.4 Å². The van der Waals surface area contributed by atoms with E-state index in [0.29, 0.717) is 12.8 Å². The molecule has 0 radical (unpaired) electrons. The minimum absolute atomic E-state index is 0.0944. The molecule has 4 amide bonds. The normalized spacial score (nSPS) is 23.6. The highest BCUT2D eigenvalue weighted by atomic mass is 16.2. The Morgan fingerprint density at radius 3 is 2.43 bits per heavy atom. The van der Waals surface area contributed by atoms with Gasteiger partial charge in [-0.2, -0.15) is 0 Å². The summed E-state index contributed by atoms with van der Waals surface area (Å²) in [5, 5.41) is 5.12. The molecule has 0 aromatic carbocycles. The molecule has 0 bridgehead atoms. The molecule has 1 heterocycles. The number of carbonyl (C=O) groups is 3. The number of hydrogen-bond donors (Lipinski definition) is 2. The SMILES string of the molecule is CCCCCN(CCC)C(=O)CCC1(C2CC2)NC(=O)NC1=O. The molecule has 130 valence electrons. The van der Waals surface area contributed by atoms with Crippen LogP contribution in [0, 0.1) is 5.92 Å². The van der Waals surface area contributed by atoms with Gasteiger partial charge in [-0.1, -0.05) is 26.7 Å². The summed E-state index contributed by atoms with van der Waals surface area (Å²) < 4.78 is 0. The van der Waals surface area contributed by atoms with Crippen molar-refractivity contribution in [3.05, 3.63) is 0 Å². The average Bonchev–Trinajstić information content (AvgIpc) is 3.31. The Balaban J connectivity index is 1.92. The highest BCUT2D eigenvalue weighted by molar-refractivity contribution is 6.07. The van der Waals surface area contributed by atoms with Gasteiger partial charge in [0.05, 0.1) is 0 Å². The Labute approximate surface area is 138 Å². The minimum Gasteiger partial charge on any atom is -0.343 e. The molecule has 2 fully saturated rings. The van der Waals surface area contributed by atoms with Crippen LogP contribution < -0.4 is 10.6 Å². The molecule has 2 aliphatic rings. The van der Waals surface area contributed by atoms with Crippen LogP contribution in [0.5, 0.6) is 0 Å². The Bertz CT molecular complexity index is 462. The lowest BCUT2D eigenvalue weighted by Gasteiger charge is -2.28. The number of nitrogens with one attached hydrogen (secondary N) is 2. The molecular formula is C17H29N3O3. The van der Waals surface area contributed by atoms with Crippen molar-refractivity contribution in [1.82, 2.24) is 15.5 Å². The summed E-state index contributed by atoms with van der Waals surface area (Å²) >= 11 is 0. The predicted octanol–water partition coefficient (Wildman–Crippen LogP) is 2.18. The lowest BCUT2D eigenvalue weighted by molar-refractivity contribution is -0.132. The molecule has 0 spiro atoms. The van der Waals surface area contributed by atoms with Crippen molar-refractivity contribution in [3.8, 4) is 0 Å². The Morgan fingerprint density at radius 2 is 1.91 bits per heavy atom. The third-order valence-electron chi connectivity index (χ3n) is 4.85. The quantitative estimate of drug-likeness (QED) is 0.478. The van der Waals surface area contributed by atoms with E-state index >= 15 is 0 Å². The molecule has 2 N–H and O–H groups in total. The van der Waals surface area contributed by atoms with Gasteiger partial charge in [-0.15, -0.1) is 0 Å². The largest absolute Gasteiger partial charge is 0.343 e. The van der Waals surface area contributed by atoms with E-state index in [4.69, 9.17) is 0 Å². The van der Waals surface area contributed by atoms with Crippen molar-refractivity contribution in [2.24, 2.45) is 5.92 Å². The summed E-state index contributed by atoms with van der Waals surface area (Å²) in [6, 6.07) is -0.428. The van der Waals surface area contributed by atoms with E-state index in [1.807, 2.05) is 4.90 Å². The molecule has 2 rings (SSSR count). The van der Waals surface area contributed by atoms with Gasteiger partial charge in [0.2, 0.25) is 5.91 Å². The first-order valence-corrected chi connectivity index (χ1v) is 8.94. The summed E-state index contributed by atoms with van der Waals surface area (Å²) in [7, 11) is 0. The zero-order chi connectivity index (χ0) is 16.9. The van der Waals surface area contributed by atoms with Crippen LogP contribution in [0.3, 0.4) is 0 Å². The molecule has 0 aromatic rings. The maximum atomic E-state index is 12.5. The molecule has 23 heavy (non-hydrogen) atoms. The second-order valence-electron chi connectivity index (χ2n) is 6.74. The highest BCUT2D eigenvalue weighted by Crippen LogP contribution is 2.43. The maximum absolute atomic E-state index is 12.5. The molecular weight excluding hydrogens is 294 g/mol. The van der Waals surface area contributed by atoms with Gasteiger partial charge >= 0.3 is 6.03 Å².